The van der Waals surface area contributed by atoms with E-state index in [0.717, 1.165) is 11.3 Å². The summed E-state index contributed by atoms with van der Waals surface area (Å²) in [6, 6.07) is 7.69. The zero-order valence-electron chi connectivity index (χ0n) is 5.26. The number of anilines is 1. The molecule has 0 atom stereocenters. The second kappa shape index (κ2) is 3.55. The number of para-hydroxylation sites is 1. The summed E-state index contributed by atoms with van der Waals surface area (Å²) < 4.78 is 2.97. The van der Waals surface area contributed by atoms with Crippen LogP contribution in [0.5, 0.6) is 0 Å². The number of halogens is 1. The number of benzene rings is 1. The molecule has 52 valence electrons. The summed E-state index contributed by atoms with van der Waals surface area (Å²) in [5.41, 5.74) is 1.90. The van der Waals surface area contributed by atoms with Gasteiger partial charge in [-0.2, -0.15) is 0 Å². The standard InChI is InChI=1S/C7H7IN2/c8-10-7-4-2-1-3-6(7)5-9/h1-5,9-10H. The number of rotatable bonds is 2. The molecule has 0 radical (unpaired) electrons. The number of nitrogens with one attached hydrogen (secondary N) is 2. The predicted octanol–water partition coefficient (Wildman–Crippen LogP) is 2.45. The minimum absolute atomic E-state index is 0.914. The van der Waals surface area contributed by atoms with Crippen molar-refractivity contribution >= 4 is 34.8 Å². The Balaban J connectivity index is 3.08. The third-order valence-electron chi connectivity index (χ3n) is 1.22. The van der Waals surface area contributed by atoms with Crippen molar-refractivity contribution in [3.63, 3.8) is 0 Å². The maximum absolute atomic E-state index is 7.02. The van der Waals surface area contributed by atoms with Gasteiger partial charge >= 0.3 is 0 Å². The third-order valence-corrected chi connectivity index (χ3v) is 1.80. The van der Waals surface area contributed by atoms with Crippen molar-refractivity contribution in [2.45, 2.75) is 0 Å². The van der Waals surface area contributed by atoms with Crippen molar-refractivity contribution in [3.05, 3.63) is 29.8 Å². The predicted molar refractivity (Wildman–Crippen MR) is 52.0 cm³/mol. The fraction of sp³-hybridized carbons (Fsp3) is 0. The molecule has 1 rings (SSSR count). The Bertz CT molecular complexity index is 235. The first kappa shape index (κ1) is 7.53. The highest BCUT2D eigenvalue weighted by atomic mass is 127. The van der Waals surface area contributed by atoms with Crippen LogP contribution in [0.2, 0.25) is 0 Å². The van der Waals surface area contributed by atoms with Gasteiger partial charge in [-0.15, -0.1) is 0 Å². The Labute approximate surface area is 73.6 Å². The molecule has 0 aliphatic heterocycles. The van der Waals surface area contributed by atoms with Gasteiger partial charge in [-0.25, -0.2) is 0 Å². The van der Waals surface area contributed by atoms with E-state index in [1.807, 2.05) is 47.1 Å². The van der Waals surface area contributed by atoms with Crippen LogP contribution in [-0.2, 0) is 0 Å². The minimum atomic E-state index is 0.914. The molecule has 0 unspecified atom stereocenters. The van der Waals surface area contributed by atoms with E-state index in [4.69, 9.17) is 5.41 Å². The maximum atomic E-state index is 7.02. The lowest BCUT2D eigenvalue weighted by Crippen LogP contribution is -1.86. The molecule has 0 aromatic heterocycles. The van der Waals surface area contributed by atoms with Gasteiger partial charge in [-0.3, -0.25) is 0 Å². The van der Waals surface area contributed by atoms with E-state index in [0.29, 0.717) is 0 Å². The van der Waals surface area contributed by atoms with E-state index in [9.17, 15) is 0 Å². The maximum Gasteiger partial charge on any atom is 0.0560 e. The molecule has 0 saturated carbocycles. The summed E-state index contributed by atoms with van der Waals surface area (Å²) >= 11 is 2.05. The van der Waals surface area contributed by atoms with Crippen molar-refractivity contribution < 1.29 is 0 Å². The van der Waals surface area contributed by atoms with Crippen molar-refractivity contribution in [1.29, 1.82) is 5.41 Å². The van der Waals surface area contributed by atoms with Crippen molar-refractivity contribution in [2.75, 3.05) is 3.53 Å². The lowest BCUT2D eigenvalue weighted by molar-refractivity contribution is 1.54. The monoisotopic (exact) mass is 246 g/mol. The van der Waals surface area contributed by atoms with E-state index in [1.165, 1.54) is 6.21 Å². The van der Waals surface area contributed by atoms with Crippen LogP contribution in [-0.4, -0.2) is 6.21 Å². The normalized spacial score (nSPS) is 8.90. The first-order chi connectivity index (χ1) is 4.88. The Morgan fingerprint density at radius 1 is 1.40 bits per heavy atom. The van der Waals surface area contributed by atoms with Crippen molar-refractivity contribution in [3.8, 4) is 0 Å². The molecule has 0 bridgehead atoms. The zero-order chi connectivity index (χ0) is 7.40. The molecule has 2 nitrogen and oxygen atoms in total. The topological polar surface area (TPSA) is 35.9 Å². The summed E-state index contributed by atoms with van der Waals surface area (Å²) in [5, 5.41) is 7.02. The molecule has 0 aliphatic carbocycles. The molecule has 3 heteroatoms. The quantitative estimate of drug-likeness (QED) is 0.469. The minimum Gasteiger partial charge on any atom is -0.328 e. The molecule has 0 saturated heterocycles. The lowest BCUT2D eigenvalue weighted by Gasteiger charge is -1.99. The van der Waals surface area contributed by atoms with Crippen LogP contribution in [0.1, 0.15) is 5.56 Å². The highest BCUT2D eigenvalue weighted by Crippen LogP contribution is 2.13. The van der Waals surface area contributed by atoms with Gasteiger partial charge in [-0.05, 0) is 6.07 Å². The van der Waals surface area contributed by atoms with E-state index in [1.54, 1.807) is 0 Å². The number of hydrogen-bond donors (Lipinski definition) is 2. The van der Waals surface area contributed by atoms with Crippen molar-refractivity contribution in [2.24, 2.45) is 0 Å². The fourth-order valence-corrected chi connectivity index (χ4v) is 1.20. The summed E-state index contributed by atoms with van der Waals surface area (Å²) in [6.45, 7) is 0. The van der Waals surface area contributed by atoms with Gasteiger partial charge in [-0.1, -0.05) is 18.2 Å². The molecule has 0 aliphatic rings. The second-order valence-corrected chi connectivity index (χ2v) is 2.37. The Morgan fingerprint density at radius 2 is 2.10 bits per heavy atom. The molecule has 0 heterocycles. The molecule has 1 aromatic carbocycles. The highest BCUT2D eigenvalue weighted by molar-refractivity contribution is 14.1. The van der Waals surface area contributed by atoms with Gasteiger partial charge in [0.05, 0.1) is 28.6 Å². The summed E-state index contributed by atoms with van der Waals surface area (Å²) in [6.07, 6.45) is 1.33. The fourth-order valence-electron chi connectivity index (χ4n) is 0.709. The summed E-state index contributed by atoms with van der Waals surface area (Å²) in [5.74, 6) is 0. The van der Waals surface area contributed by atoms with Gasteiger partial charge < -0.3 is 8.94 Å². The smallest absolute Gasteiger partial charge is 0.0560 e. The Morgan fingerprint density at radius 3 is 2.60 bits per heavy atom. The Hall–Kier alpha value is -0.580. The van der Waals surface area contributed by atoms with Gasteiger partial charge in [0.15, 0.2) is 0 Å². The first-order valence-corrected chi connectivity index (χ1v) is 3.92. The van der Waals surface area contributed by atoms with Crippen LogP contribution >= 0.6 is 22.9 Å². The van der Waals surface area contributed by atoms with Gasteiger partial charge in [0, 0.05) is 11.8 Å². The number of hydrogen-bond acceptors (Lipinski definition) is 2. The van der Waals surface area contributed by atoms with Crippen LogP contribution in [0.4, 0.5) is 5.69 Å². The SMILES string of the molecule is N=Cc1ccccc1NI. The van der Waals surface area contributed by atoms with Crippen LogP contribution < -0.4 is 3.53 Å². The van der Waals surface area contributed by atoms with Gasteiger partial charge in [0.1, 0.15) is 0 Å². The van der Waals surface area contributed by atoms with E-state index in [2.05, 4.69) is 3.53 Å². The molecule has 1 aromatic rings. The molecule has 10 heavy (non-hydrogen) atoms. The molecular weight excluding hydrogens is 239 g/mol. The summed E-state index contributed by atoms with van der Waals surface area (Å²) in [7, 11) is 0. The van der Waals surface area contributed by atoms with Crippen LogP contribution in [0.25, 0.3) is 0 Å². The molecule has 0 fully saturated rings. The Kier molecular flexibility index (Phi) is 2.68. The average Bonchev–Trinajstić information content (AvgIpc) is 2.04. The zero-order valence-corrected chi connectivity index (χ0v) is 7.42. The lowest BCUT2D eigenvalue weighted by atomic mass is 10.2. The summed E-state index contributed by atoms with van der Waals surface area (Å²) in [4.78, 5) is 0. The van der Waals surface area contributed by atoms with Gasteiger partial charge in [0.25, 0.3) is 0 Å². The highest BCUT2D eigenvalue weighted by Gasteiger charge is 1.93. The molecule has 0 spiro atoms. The average molecular weight is 246 g/mol. The van der Waals surface area contributed by atoms with Crippen molar-refractivity contribution in [1.82, 2.24) is 0 Å². The third kappa shape index (κ3) is 1.47. The second-order valence-electron chi connectivity index (χ2n) is 1.83. The van der Waals surface area contributed by atoms with E-state index in [-0.39, 0.29) is 0 Å². The largest absolute Gasteiger partial charge is 0.328 e. The first-order valence-electron chi connectivity index (χ1n) is 2.84. The van der Waals surface area contributed by atoms with Crippen LogP contribution in [0.3, 0.4) is 0 Å². The van der Waals surface area contributed by atoms with E-state index >= 15 is 0 Å². The van der Waals surface area contributed by atoms with Crippen LogP contribution in [0.15, 0.2) is 24.3 Å². The molecule has 2 N–H and O–H groups in total. The molecular formula is C7H7IN2. The van der Waals surface area contributed by atoms with Gasteiger partial charge in [0.2, 0.25) is 0 Å². The van der Waals surface area contributed by atoms with E-state index < -0.39 is 0 Å². The molecule has 0 amide bonds. The van der Waals surface area contributed by atoms with Crippen LogP contribution in [0, 0.1) is 5.41 Å².